The summed E-state index contributed by atoms with van der Waals surface area (Å²) in [5, 5.41) is 12.2. The molecule has 2 N–H and O–H groups in total. The average molecular weight is 260 g/mol. The van der Waals surface area contributed by atoms with Gasteiger partial charge < -0.3 is 15.3 Å². The van der Waals surface area contributed by atoms with Crippen molar-refractivity contribution in [3.63, 3.8) is 0 Å². The van der Waals surface area contributed by atoms with Crippen LogP contribution in [-0.4, -0.2) is 40.0 Å². The van der Waals surface area contributed by atoms with Crippen molar-refractivity contribution in [3.05, 3.63) is 35.4 Å². The van der Waals surface area contributed by atoms with Gasteiger partial charge >= 0.3 is 0 Å². The molecular formula is C14H16N2O3. The third kappa shape index (κ3) is 1.90. The minimum atomic E-state index is -0.880. The maximum Gasteiger partial charge on any atom is 0.248 e. The molecule has 5 nitrogen and oxygen atoms in total. The number of hydrogen-bond acceptors (Lipinski definition) is 3. The molecule has 3 atom stereocenters. The fraction of sp³-hybridized carbons (Fsp3) is 0.429. The summed E-state index contributed by atoms with van der Waals surface area (Å²) in [7, 11) is 0. The molecule has 2 amide bonds. The highest BCUT2D eigenvalue weighted by Crippen LogP contribution is 2.26. The normalized spacial score (nSPS) is 27.4. The van der Waals surface area contributed by atoms with Crippen LogP contribution in [0.1, 0.15) is 18.1 Å². The van der Waals surface area contributed by atoms with Gasteiger partial charge in [0.1, 0.15) is 12.1 Å². The van der Waals surface area contributed by atoms with Crippen molar-refractivity contribution in [2.45, 2.75) is 38.1 Å². The van der Waals surface area contributed by atoms with E-state index in [4.69, 9.17) is 0 Å². The first kappa shape index (κ1) is 12.2. The SMILES string of the molecule is C[C@H](O)[C@H]1NC(=O)[C@H]2Cc3ccccc3CN2C1=O. The molecule has 0 bridgehead atoms. The van der Waals surface area contributed by atoms with Crippen LogP contribution in [0.25, 0.3) is 0 Å². The van der Waals surface area contributed by atoms with Crippen LogP contribution in [0, 0.1) is 0 Å². The fourth-order valence-electron chi connectivity index (χ4n) is 2.81. The molecule has 1 aromatic carbocycles. The van der Waals surface area contributed by atoms with Gasteiger partial charge in [0.15, 0.2) is 0 Å². The molecule has 19 heavy (non-hydrogen) atoms. The maximum absolute atomic E-state index is 12.3. The van der Waals surface area contributed by atoms with Crippen LogP contribution >= 0.6 is 0 Å². The van der Waals surface area contributed by atoms with E-state index in [1.165, 1.54) is 6.92 Å². The highest BCUT2D eigenvalue weighted by atomic mass is 16.3. The molecule has 0 aliphatic carbocycles. The van der Waals surface area contributed by atoms with E-state index in [0.29, 0.717) is 13.0 Å². The molecule has 1 fully saturated rings. The van der Waals surface area contributed by atoms with E-state index >= 15 is 0 Å². The summed E-state index contributed by atoms with van der Waals surface area (Å²) in [5.41, 5.74) is 2.19. The van der Waals surface area contributed by atoms with Crippen LogP contribution < -0.4 is 5.32 Å². The Balaban J connectivity index is 1.95. The zero-order valence-electron chi connectivity index (χ0n) is 10.7. The van der Waals surface area contributed by atoms with Crippen LogP contribution in [0.15, 0.2) is 24.3 Å². The molecule has 1 saturated heterocycles. The van der Waals surface area contributed by atoms with Crippen LogP contribution in [0.2, 0.25) is 0 Å². The van der Waals surface area contributed by atoms with Gasteiger partial charge in [-0.3, -0.25) is 9.59 Å². The van der Waals surface area contributed by atoms with E-state index in [2.05, 4.69) is 5.32 Å². The fourth-order valence-corrected chi connectivity index (χ4v) is 2.81. The number of fused-ring (bicyclic) bond motifs is 2. The number of amides is 2. The van der Waals surface area contributed by atoms with Gasteiger partial charge in [-0.15, -0.1) is 0 Å². The van der Waals surface area contributed by atoms with Gasteiger partial charge in [0, 0.05) is 13.0 Å². The predicted molar refractivity (Wildman–Crippen MR) is 68.1 cm³/mol. The van der Waals surface area contributed by atoms with Gasteiger partial charge in [-0.05, 0) is 18.1 Å². The number of hydrogen-bond donors (Lipinski definition) is 2. The number of carbonyl (C=O) groups excluding carboxylic acids is 2. The molecule has 100 valence electrons. The zero-order chi connectivity index (χ0) is 13.6. The number of rotatable bonds is 1. The quantitative estimate of drug-likeness (QED) is 0.736. The second-order valence-corrected chi connectivity index (χ2v) is 5.18. The van der Waals surface area contributed by atoms with E-state index < -0.39 is 18.2 Å². The Morgan fingerprint density at radius 2 is 2.00 bits per heavy atom. The average Bonchev–Trinajstić information content (AvgIpc) is 2.41. The molecule has 0 saturated carbocycles. The number of aliphatic hydroxyl groups excluding tert-OH is 1. The van der Waals surface area contributed by atoms with Gasteiger partial charge in [-0.1, -0.05) is 24.3 Å². The summed E-state index contributed by atoms with van der Waals surface area (Å²) in [5.74, 6) is -0.380. The van der Waals surface area contributed by atoms with Gasteiger partial charge in [0.25, 0.3) is 0 Å². The largest absolute Gasteiger partial charge is 0.391 e. The number of nitrogens with one attached hydrogen (secondary N) is 1. The van der Waals surface area contributed by atoms with Crippen LogP contribution in [0.3, 0.4) is 0 Å². The first-order chi connectivity index (χ1) is 9.08. The third-order valence-corrected chi connectivity index (χ3v) is 3.88. The summed E-state index contributed by atoms with van der Waals surface area (Å²) in [6.07, 6.45) is -0.338. The minimum Gasteiger partial charge on any atom is -0.391 e. The first-order valence-corrected chi connectivity index (χ1v) is 6.43. The highest BCUT2D eigenvalue weighted by Gasteiger charge is 2.44. The lowest BCUT2D eigenvalue weighted by Crippen LogP contribution is -2.67. The number of carbonyl (C=O) groups is 2. The molecule has 3 rings (SSSR count). The summed E-state index contributed by atoms with van der Waals surface area (Å²) < 4.78 is 0. The molecule has 0 radical (unpaired) electrons. The topological polar surface area (TPSA) is 69.6 Å². The molecule has 1 aromatic rings. The number of piperazine rings is 1. The Bertz CT molecular complexity index is 541. The number of nitrogens with zero attached hydrogens (tertiary/aromatic N) is 1. The Kier molecular flexibility index (Phi) is 2.78. The Hall–Kier alpha value is -1.88. The molecule has 5 heteroatoms. The van der Waals surface area contributed by atoms with Crippen molar-refractivity contribution < 1.29 is 14.7 Å². The standard InChI is InChI=1S/C14H16N2O3/c1-8(17)12-14(19)16-7-10-5-3-2-4-9(10)6-11(16)13(18)15-12/h2-5,8,11-12,17H,6-7H2,1H3,(H,15,18)/t8-,11+,12+/m0/s1. The smallest absolute Gasteiger partial charge is 0.248 e. The van der Waals surface area contributed by atoms with Crippen molar-refractivity contribution in [2.75, 3.05) is 0 Å². The zero-order valence-corrected chi connectivity index (χ0v) is 10.7. The summed E-state index contributed by atoms with van der Waals surface area (Å²) in [4.78, 5) is 26.0. The van der Waals surface area contributed by atoms with Gasteiger partial charge in [-0.25, -0.2) is 0 Å². The van der Waals surface area contributed by atoms with Gasteiger partial charge in [0.05, 0.1) is 6.10 Å². The minimum absolute atomic E-state index is 0.181. The summed E-state index contributed by atoms with van der Waals surface area (Å²) >= 11 is 0. The van der Waals surface area contributed by atoms with Crippen molar-refractivity contribution in [1.82, 2.24) is 10.2 Å². The number of aliphatic hydroxyl groups is 1. The Morgan fingerprint density at radius 3 is 2.68 bits per heavy atom. The van der Waals surface area contributed by atoms with E-state index in [9.17, 15) is 14.7 Å². The summed E-state index contributed by atoms with van der Waals surface area (Å²) in [6.45, 7) is 1.96. The summed E-state index contributed by atoms with van der Waals surface area (Å²) in [6, 6.07) is 6.56. The monoisotopic (exact) mass is 260 g/mol. The van der Waals surface area contributed by atoms with E-state index in [1.54, 1.807) is 4.90 Å². The van der Waals surface area contributed by atoms with E-state index in [1.807, 2.05) is 24.3 Å². The van der Waals surface area contributed by atoms with E-state index in [0.717, 1.165) is 11.1 Å². The Labute approximate surface area is 111 Å². The first-order valence-electron chi connectivity index (χ1n) is 6.43. The lowest BCUT2D eigenvalue weighted by Gasteiger charge is -2.42. The van der Waals surface area contributed by atoms with Gasteiger partial charge in [-0.2, -0.15) is 0 Å². The van der Waals surface area contributed by atoms with Crippen molar-refractivity contribution >= 4 is 11.8 Å². The van der Waals surface area contributed by atoms with Crippen molar-refractivity contribution in [1.29, 1.82) is 0 Å². The molecule has 0 spiro atoms. The predicted octanol–water partition coefficient (Wildman–Crippen LogP) is -0.181. The highest BCUT2D eigenvalue weighted by molar-refractivity contribution is 5.97. The molecular weight excluding hydrogens is 244 g/mol. The Morgan fingerprint density at radius 1 is 1.32 bits per heavy atom. The third-order valence-electron chi connectivity index (χ3n) is 3.88. The van der Waals surface area contributed by atoms with Crippen LogP contribution in [-0.2, 0) is 22.6 Å². The lowest BCUT2D eigenvalue weighted by atomic mass is 9.90. The van der Waals surface area contributed by atoms with Crippen LogP contribution in [0.5, 0.6) is 0 Å². The molecule has 2 aliphatic rings. The molecule has 2 aliphatic heterocycles. The maximum atomic E-state index is 12.3. The van der Waals surface area contributed by atoms with Crippen molar-refractivity contribution in [2.24, 2.45) is 0 Å². The number of benzene rings is 1. The lowest BCUT2D eigenvalue weighted by molar-refractivity contribution is -0.153. The molecule has 2 heterocycles. The van der Waals surface area contributed by atoms with Crippen LogP contribution in [0.4, 0.5) is 0 Å². The molecule has 0 unspecified atom stereocenters. The van der Waals surface area contributed by atoms with E-state index in [-0.39, 0.29) is 11.8 Å². The second-order valence-electron chi connectivity index (χ2n) is 5.18. The second kappa shape index (κ2) is 4.35. The van der Waals surface area contributed by atoms with Crippen molar-refractivity contribution in [3.8, 4) is 0 Å². The van der Waals surface area contributed by atoms with Gasteiger partial charge in [0.2, 0.25) is 11.8 Å². The molecule has 0 aromatic heterocycles.